The van der Waals surface area contributed by atoms with E-state index in [0.717, 1.165) is 0 Å². The summed E-state index contributed by atoms with van der Waals surface area (Å²) in [5.41, 5.74) is 0.451. The van der Waals surface area contributed by atoms with Crippen LogP contribution < -0.4 is 19.5 Å². The molecule has 0 spiro atoms. The number of nitrogens with one attached hydrogen (secondary N) is 2. The maximum absolute atomic E-state index is 12.7. The summed E-state index contributed by atoms with van der Waals surface area (Å²) in [6.45, 7) is 5.64. The minimum Gasteiger partial charge on any atom is -0.486 e. The van der Waals surface area contributed by atoms with Gasteiger partial charge in [0.1, 0.15) is 19.3 Å². The molecular weight excluding hydrogens is 436 g/mol. The van der Waals surface area contributed by atoms with Gasteiger partial charge in [0, 0.05) is 11.8 Å². The molecule has 0 unspecified atom stereocenters. The van der Waals surface area contributed by atoms with Crippen LogP contribution in [0.15, 0.2) is 53.4 Å². The van der Waals surface area contributed by atoms with Crippen molar-refractivity contribution < 1.29 is 32.2 Å². The van der Waals surface area contributed by atoms with Crippen LogP contribution in [0.2, 0.25) is 0 Å². The highest BCUT2D eigenvalue weighted by Crippen LogP contribution is 2.32. The molecule has 3 rings (SSSR count). The van der Waals surface area contributed by atoms with Crippen LogP contribution in [0, 0.1) is 5.92 Å². The quantitative estimate of drug-likeness (QED) is 0.578. The highest BCUT2D eigenvalue weighted by molar-refractivity contribution is 7.89. The van der Waals surface area contributed by atoms with E-state index in [4.69, 9.17) is 14.2 Å². The van der Waals surface area contributed by atoms with Crippen molar-refractivity contribution in [2.24, 2.45) is 5.92 Å². The standard InChI is InChI=1S/C22H26N2O7S/c1-14(2)20(24-32(27,28)17-7-5-4-6-8-17)22(26)31-15(3)21(25)23-16-9-10-18-19(13-16)30-12-11-29-18/h4-10,13-15,20,24H,11-12H2,1-3H3,(H,23,25)/t15-,20-/m0/s1. The van der Waals surface area contributed by atoms with Gasteiger partial charge in [-0.05, 0) is 37.1 Å². The molecular formula is C22H26N2O7S. The Morgan fingerprint density at radius 1 is 0.969 bits per heavy atom. The largest absolute Gasteiger partial charge is 0.486 e. The molecule has 0 bridgehead atoms. The van der Waals surface area contributed by atoms with E-state index in [1.165, 1.54) is 19.1 Å². The maximum atomic E-state index is 12.7. The van der Waals surface area contributed by atoms with Gasteiger partial charge in [-0.1, -0.05) is 32.0 Å². The third-order valence-electron chi connectivity index (χ3n) is 4.73. The Balaban J connectivity index is 1.63. The number of hydrogen-bond acceptors (Lipinski definition) is 7. The summed E-state index contributed by atoms with van der Waals surface area (Å²) in [6, 6.07) is 11.5. The lowest BCUT2D eigenvalue weighted by Gasteiger charge is -2.23. The van der Waals surface area contributed by atoms with Crippen LogP contribution in [0.1, 0.15) is 20.8 Å². The van der Waals surface area contributed by atoms with Gasteiger partial charge in [0.05, 0.1) is 4.90 Å². The Morgan fingerprint density at radius 2 is 1.62 bits per heavy atom. The van der Waals surface area contributed by atoms with Crippen molar-refractivity contribution >= 4 is 27.6 Å². The molecule has 0 aliphatic carbocycles. The third-order valence-corrected chi connectivity index (χ3v) is 6.19. The molecule has 0 fully saturated rings. The van der Waals surface area contributed by atoms with Crippen LogP contribution >= 0.6 is 0 Å². The Hall–Kier alpha value is -3.11. The molecule has 1 amide bonds. The molecule has 172 valence electrons. The van der Waals surface area contributed by atoms with Crippen LogP contribution in [0.25, 0.3) is 0 Å². The second-order valence-electron chi connectivity index (χ2n) is 7.58. The molecule has 2 aromatic rings. The van der Waals surface area contributed by atoms with Crippen molar-refractivity contribution in [1.29, 1.82) is 0 Å². The summed E-state index contributed by atoms with van der Waals surface area (Å²) >= 11 is 0. The monoisotopic (exact) mass is 462 g/mol. The van der Waals surface area contributed by atoms with Gasteiger partial charge in [0.2, 0.25) is 10.0 Å². The summed E-state index contributed by atoms with van der Waals surface area (Å²) in [5, 5.41) is 2.65. The fourth-order valence-corrected chi connectivity index (χ4v) is 4.31. The topological polar surface area (TPSA) is 120 Å². The lowest BCUT2D eigenvalue weighted by molar-refractivity contribution is -0.155. The van der Waals surface area contributed by atoms with Gasteiger partial charge < -0.3 is 19.5 Å². The molecule has 2 aromatic carbocycles. The average molecular weight is 463 g/mol. The molecule has 0 radical (unpaired) electrons. The van der Waals surface area contributed by atoms with Gasteiger partial charge in [-0.3, -0.25) is 9.59 Å². The predicted molar refractivity (Wildman–Crippen MR) is 117 cm³/mol. The third kappa shape index (κ3) is 5.77. The Kier molecular flexibility index (Phi) is 7.37. The van der Waals surface area contributed by atoms with Gasteiger partial charge in [0.25, 0.3) is 5.91 Å². The van der Waals surface area contributed by atoms with E-state index < -0.39 is 40.0 Å². The van der Waals surface area contributed by atoms with E-state index in [9.17, 15) is 18.0 Å². The van der Waals surface area contributed by atoms with E-state index >= 15 is 0 Å². The first-order chi connectivity index (χ1) is 15.2. The van der Waals surface area contributed by atoms with Crippen LogP contribution in [0.4, 0.5) is 5.69 Å². The molecule has 2 N–H and O–H groups in total. The van der Waals surface area contributed by atoms with Crippen LogP contribution in [0.5, 0.6) is 11.5 Å². The molecule has 2 atom stereocenters. The smallest absolute Gasteiger partial charge is 0.325 e. The number of hydrogen-bond donors (Lipinski definition) is 2. The van der Waals surface area contributed by atoms with E-state index in [1.807, 2.05) is 0 Å². The summed E-state index contributed by atoms with van der Waals surface area (Å²) in [6.07, 6.45) is -1.15. The van der Waals surface area contributed by atoms with Crippen molar-refractivity contribution in [2.45, 2.75) is 37.8 Å². The normalized spacial score (nSPS) is 15.0. The Bertz CT molecular complexity index is 1070. The fourth-order valence-electron chi connectivity index (χ4n) is 2.96. The number of amides is 1. The highest BCUT2D eigenvalue weighted by Gasteiger charge is 2.32. The van der Waals surface area contributed by atoms with Gasteiger partial charge in [-0.2, -0.15) is 4.72 Å². The number of carbonyl (C=O) groups excluding carboxylic acids is 2. The minimum atomic E-state index is -3.94. The Labute approximate surface area is 187 Å². The van der Waals surface area contributed by atoms with Gasteiger partial charge in [-0.25, -0.2) is 8.42 Å². The number of ether oxygens (including phenoxy) is 3. The molecule has 1 aliphatic rings. The first-order valence-corrected chi connectivity index (χ1v) is 11.6. The van der Waals surface area contributed by atoms with E-state index in [1.54, 1.807) is 50.2 Å². The lowest BCUT2D eigenvalue weighted by Crippen LogP contribution is -2.47. The van der Waals surface area contributed by atoms with Gasteiger partial charge >= 0.3 is 5.97 Å². The summed E-state index contributed by atoms with van der Waals surface area (Å²) in [5.74, 6) is -0.727. The lowest BCUT2D eigenvalue weighted by atomic mass is 10.1. The maximum Gasteiger partial charge on any atom is 0.325 e. The molecule has 1 aliphatic heterocycles. The SMILES string of the molecule is CC(C)[C@H](NS(=O)(=O)c1ccccc1)C(=O)O[C@@H](C)C(=O)Nc1ccc2c(c1)OCCO2. The van der Waals surface area contributed by atoms with Crippen LogP contribution in [-0.4, -0.2) is 45.7 Å². The molecule has 0 aromatic heterocycles. The predicted octanol–water partition coefficient (Wildman–Crippen LogP) is 2.33. The molecule has 1 heterocycles. The number of fused-ring (bicyclic) bond motifs is 1. The number of esters is 1. The number of benzene rings is 2. The summed E-state index contributed by atoms with van der Waals surface area (Å²) in [4.78, 5) is 25.2. The molecule has 9 nitrogen and oxygen atoms in total. The van der Waals surface area contributed by atoms with E-state index in [-0.39, 0.29) is 4.90 Å². The van der Waals surface area contributed by atoms with Crippen molar-refractivity contribution in [1.82, 2.24) is 4.72 Å². The average Bonchev–Trinajstić information content (AvgIpc) is 2.77. The Morgan fingerprint density at radius 3 is 2.28 bits per heavy atom. The zero-order valence-corrected chi connectivity index (χ0v) is 18.8. The zero-order chi connectivity index (χ0) is 23.3. The molecule has 10 heteroatoms. The van der Waals surface area contributed by atoms with E-state index in [2.05, 4.69) is 10.0 Å². The van der Waals surface area contributed by atoms with Crippen molar-refractivity contribution in [3.8, 4) is 11.5 Å². The van der Waals surface area contributed by atoms with Gasteiger partial charge in [-0.15, -0.1) is 0 Å². The number of sulfonamides is 1. The second kappa shape index (κ2) is 10.0. The first kappa shape index (κ1) is 23.6. The summed E-state index contributed by atoms with van der Waals surface area (Å²) < 4.78 is 43.8. The van der Waals surface area contributed by atoms with Crippen LogP contribution in [-0.2, 0) is 24.3 Å². The zero-order valence-electron chi connectivity index (χ0n) is 18.0. The van der Waals surface area contributed by atoms with E-state index in [0.29, 0.717) is 30.4 Å². The number of anilines is 1. The fraction of sp³-hybridized carbons (Fsp3) is 0.364. The van der Waals surface area contributed by atoms with Gasteiger partial charge in [0.15, 0.2) is 17.6 Å². The minimum absolute atomic E-state index is 0.0304. The first-order valence-electron chi connectivity index (χ1n) is 10.2. The molecule has 0 saturated carbocycles. The number of rotatable bonds is 8. The van der Waals surface area contributed by atoms with Crippen molar-refractivity contribution in [3.63, 3.8) is 0 Å². The van der Waals surface area contributed by atoms with Crippen molar-refractivity contribution in [3.05, 3.63) is 48.5 Å². The molecule has 32 heavy (non-hydrogen) atoms. The number of carbonyl (C=O) groups is 2. The summed E-state index contributed by atoms with van der Waals surface area (Å²) in [7, 11) is -3.94. The van der Waals surface area contributed by atoms with Crippen LogP contribution in [0.3, 0.4) is 0 Å². The van der Waals surface area contributed by atoms with Crippen molar-refractivity contribution in [2.75, 3.05) is 18.5 Å². The highest BCUT2D eigenvalue weighted by atomic mass is 32.2. The second-order valence-corrected chi connectivity index (χ2v) is 9.30. The molecule has 0 saturated heterocycles.